The summed E-state index contributed by atoms with van der Waals surface area (Å²) in [5.74, 6) is -0.703. The normalized spacial score (nSPS) is 11.2. The van der Waals surface area contributed by atoms with Gasteiger partial charge in [0.2, 0.25) is 5.91 Å². The van der Waals surface area contributed by atoms with Crippen LogP contribution in [0, 0.1) is 25.5 Å². The Labute approximate surface area is 198 Å². The molecule has 4 aromatic rings. The van der Waals surface area contributed by atoms with E-state index in [2.05, 4.69) is 10.1 Å². The standard InChI is InChI=1S/C23H22F2N4O2S2/c1-14-10-15(2)29(27-14)9-8-28(21(30)13-32-18-6-4-17(31-3)5-7-18)23-26-22-19(25)11-16(24)12-20(22)33-23/h4-7,10-12H,8-9,13H2,1-3H3. The smallest absolute Gasteiger partial charge is 0.239 e. The molecule has 10 heteroatoms. The maximum atomic E-state index is 14.2. The molecule has 172 valence electrons. The highest BCUT2D eigenvalue weighted by molar-refractivity contribution is 8.00. The van der Waals surface area contributed by atoms with Gasteiger partial charge in [-0.25, -0.2) is 13.8 Å². The minimum Gasteiger partial charge on any atom is -0.497 e. The molecule has 0 atom stereocenters. The van der Waals surface area contributed by atoms with E-state index in [9.17, 15) is 13.6 Å². The lowest BCUT2D eigenvalue weighted by Gasteiger charge is -2.20. The van der Waals surface area contributed by atoms with Gasteiger partial charge in [-0.15, -0.1) is 11.8 Å². The summed E-state index contributed by atoms with van der Waals surface area (Å²) >= 11 is 2.48. The van der Waals surface area contributed by atoms with Crippen LogP contribution in [0.25, 0.3) is 10.2 Å². The number of rotatable bonds is 8. The first kappa shape index (κ1) is 23.2. The molecule has 4 rings (SSSR count). The van der Waals surface area contributed by atoms with Gasteiger partial charge in [0.25, 0.3) is 0 Å². The lowest BCUT2D eigenvalue weighted by atomic mass is 10.3. The van der Waals surface area contributed by atoms with Crippen molar-refractivity contribution in [2.45, 2.75) is 25.3 Å². The molecule has 2 aromatic heterocycles. The van der Waals surface area contributed by atoms with Crippen LogP contribution in [0.2, 0.25) is 0 Å². The molecule has 0 N–H and O–H groups in total. The predicted molar refractivity (Wildman–Crippen MR) is 127 cm³/mol. The van der Waals surface area contributed by atoms with E-state index in [1.165, 1.54) is 22.7 Å². The van der Waals surface area contributed by atoms with Crippen LogP contribution < -0.4 is 9.64 Å². The number of amides is 1. The number of hydrogen-bond acceptors (Lipinski definition) is 6. The highest BCUT2D eigenvalue weighted by atomic mass is 32.2. The molecule has 0 saturated heterocycles. The molecule has 0 aliphatic rings. The van der Waals surface area contributed by atoms with Crippen molar-refractivity contribution < 1.29 is 18.3 Å². The highest BCUT2D eigenvalue weighted by Gasteiger charge is 2.22. The first-order valence-corrected chi connectivity index (χ1v) is 12.0. The SMILES string of the molecule is COc1ccc(SCC(=O)N(CCn2nc(C)cc2C)c2nc3c(F)cc(F)cc3s2)cc1. The number of nitrogens with zero attached hydrogens (tertiary/aromatic N) is 4. The molecule has 0 spiro atoms. The Morgan fingerprint density at radius 2 is 1.94 bits per heavy atom. The van der Waals surface area contributed by atoms with E-state index in [4.69, 9.17) is 4.74 Å². The molecule has 0 aliphatic heterocycles. The number of fused-ring (bicyclic) bond motifs is 1. The molecule has 2 aromatic carbocycles. The van der Waals surface area contributed by atoms with Crippen molar-refractivity contribution >= 4 is 44.4 Å². The van der Waals surface area contributed by atoms with Crippen LogP contribution >= 0.6 is 23.1 Å². The van der Waals surface area contributed by atoms with Crippen LogP contribution in [0.3, 0.4) is 0 Å². The summed E-state index contributed by atoms with van der Waals surface area (Å²) in [5.41, 5.74) is 1.92. The monoisotopic (exact) mass is 488 g/mol. The molecule has 1 amide bonds. The number of benzene rings is 2. The van der Waals surface area contributed by atoms with Crippen LogP contribution in [0.5, 0.6) is 5.75 Å². The number of carbonyl (C=O) groups is 1. The van der Waals surface area contributed by atoms with Crippen molar-refractivity contribution in [2.24, 2.45) is 0 Å². The number of halogens is 2. The number of ether oxygens (including phenoxy) is 1. The van der Waals surface area contributed by atoms with Crippen molar-refractivity contribution in [1.29, 1.82) is 0 Å². The molecule has 33 heavy (non-hydrogen) atoms. The van der Waals surface area contributed by atoms with Crippen molar-refractivity contribution in [3.05, 3.63) is 65.5 Å². The predicted octanol–water partition coefficient (Wildman–Crippen LogP) is 5.22. The van der Waals surface area contributed by atoms with Gasteiger partial charge in [0, 0.05) is 23.2 Å². The summed E-state index contributed by atoms with van der Waals surface area (Å²) < 4.78 is 35.3. The van der Waals surface area contributed by atoms with Crippen LogP contribution in [-0.4, -0.2) is 40.1 Å². The van der Waals surface area contributed by atoms with Crippen LogP contribution in [0.4, 0.5) is 13.9 Å². The zero-order chi connectivity index (χ0) is 23.5. The second kappa shape index (κ2) is 9.88. The fourth-order valence-electron chi connectivity index (χ4n) is 3.38. The van der Waals surface area contributed by atoms with Gasteiger partial charge >= 0.3 is 0 Å². The van der Waals surface area contributed by atoms with Crippen molar-refractivity contribution in [3.63, 3.8) is 0 Å². The van der Waals surface area contributed by atoms with Gasteiger partial charge in [0.1, 0.15) is 17.1 Å². The van der Waals surface area contributed by atoms with Crippen LogP contribution in [0.15, 0.2) is 47.4 Å². The van der Waals surface area contributed by atoms with Gasteiger partial charge in [-0.1, -0.05) is 11.3 Å². The fraction of sp³-hybridized carbons (Fsp3) is 0.261. The Morgan fingerprint density at radius 3 is 2.61 bits per heavy atom. The lowest BCUT2D eigenvalue weighted by Crippen LogP contribution is -2.35. The third-order valence-corrected chi connectivity index (χ3v) is 7.02. The number of thioether (sulfide) groups is 1. The van der Waals surface area contributed by atoms with E-state index in [0.717, 1.165) is 39.4 Å². The zero-order valence-corrected chi connectivity index (χ0v) is 20.0. The molecule has 0 aliphatic carbocycles. The number of anilines is 1. The summed E-state index contributed by atoms with van der Waals surface area (Å²) in [6, 6.07) is 11.4. The van der Waals surface area contributed by atoms with E-state index in [1.807, 2.05) is 48.9 Å². The third kappa shape index (κ3) is 5.33. The summed E-state index contributed by atoms with van der Waals surface area (Å²) in [6.07, 6.45) is 0. The van der Waals surface area contributed by atoms with Crippen molar-refractivity contribution in [1.82, 2.24) is 14.8 Å². The molecule has 6 nitrogen and oxygen atoms in total. The maximum absolute atomic E-state index is 14.2. The van der Waals surface area contributed by atoms with E-state index in [-0.39, 0.29) is 17.2 Å². The van der Waals surface area contributed by atoms with E-state index in [0.29, 0.717) is 22.9 Å². The second-order valence-corrected chi connectivity index (χ2v) is 9.45. The lowest BCUT2D eigenvalue weighted by molar-refractivity contribution is -0.116. The Bertz CT molecular complexity index is 1290. The highest BCUT2D eigenvalue weighted by Crippen LogP contribution is 2.32. The first-order valence-electron chi connectivity index (χ1n) is 10.2. The molecule has 0 saturated carbocycles. The Morgan fingerprint density at radius 1 is 1.18 bits per heavy atom. The maximum Gasteiger partial charge on any atom is 0.239 e. The fourth-order valence-corrected chi connectivity index (χ4v) is 5.20. The summed E-state index contributed by atoms with van der Waals surface area (Å²) in [5, 5.41) is 4.78. The van der Waals surface area contributed by atoms with Crippen molar-refractivity contribution in [2.75, 3.05) is 24.3 Å². The summed E-state index contributed by atoms with van der Waals surface area (Å²) in [4.78, 5) is 20.0. The number of hydrogen-bond donors (Lipinski definition) is 0. The molecular weight excluding hydrogens is 466 g/mol. The van der Waals surface area contributed by atoms with Crippen LogP contribution in [0.1, 0.15) is 11.4 Å². The quantitative estimate of drug-likeness (QED) is 0.318. The number of aryl methyl sites for hydroxylation is 2. The van der Waals surface area contributed by atoms with Gasteiger partial charge in [-0.05, 0) is 50.2 Å². The van der Waals surface area contributed by atoms with E-state index in [1.54, 1.807) is 7.11 Å². The van der Waals surface area contributed by atoms with Gasteiger partial charge in [0.15, 0.2) is 10.9 Å². The first-order chi connectivity index (χ1) is 15.8. The Kier molecular flexibility index (Phi) is 6.94. The molecule has 2 heterocycles. The Balaban J connectivity index is 1.57. The van der Waals surface area contributed by atoms with Gasteiger partial charge in [-0.2, -0.15) is 5.10 Å². The summed E-state index contributed by atoms with van der Waals surface area (Å²) in [6.45, 7) is 4.60. The summed E-state index contributed by atoms with van der Waals surface area (Å²) in [7, 11) is 1.60. The Hall–Kier alpha value is -2.98. The third-order valence-electron chi connectivity index (χ3n) is 4.99. The minimum atomic E-state index is -0.744. The largest absolute Gasteiger partial charge is 0.497 e. The van der Waals surface area contributed by atoms with Gasteiger partial charge < -0.3 is 4.74 Å². The number of carbonyl (C=O) groups excluding carboxylic acids is 1. The van der Waals surface area contributed by atoms with Gasteiger partial charge in [-0.3, -0.25) is 14.4 Å². The molecule has 0 bridgehead atoms. The molecule has 0 unspecified atom stereocenters. The van der Waals surface area contributed by atoms with Crippen LogP contribution in [-0.2, 0) is 11.3 Å². The second-order valence-electron chi connectivity index (χ2n) is 7.39. The number of methoxy groups -OCH3 is 1. The average Bonchev–Trinajstić information content (AvgIpc) is 3.35. The topological polar surface area (TPSA) is 60.2 Å². The molecule has 0 fully saturated rings. The molecule has 0 radical (unpaired) electrons. The number of thiazole rings is 1. The van der Waals surface area contributed by atoms with Gasteiger partial charge in [0.05, 0.1) is 29.8 Å². The van der Waals surface area contributed by atoms with E-state index >= 15 is 0 Å². The van der Waals surface area contributed by atoms with Crippen molar-refractivity contribution in [3.8, 4) is 5.75 Å². The molecular formula is C23H22F2N4O2S2. The van der Waals surface area contributed by atoms with E-state index < -0.39 is 11.6 Å². The minimum absolute atomic E-state index is 0.0584. The average molecular weight is 489 g/mol. The number of aromatic nitrogens is 3. The zero-order valence-electron chi connectivity index (χ0n) is 18.3.